The van der Waals surface area contributed by atoms with E-state index in [9.17, 15) is 4.79 Å². The van der Waals surface area contributed by atoms with E-state index in [1.54, 1.807) is 24.3 Å². The van der Waals surface area contributed by atoms with E-state index in [1.165, 1.54) is 11.8 Å². The van der Waals surface area contributed by atoms with Crippen LogP contribution in [-0.4, -0.2) is 21.1 Å². The molecule has 0 fully saturated rings. The fourth-order valence-corrected chi connectivity index (χ4v) is 3.11. The lowest BCUT2D eigenvalue weighted by molar-refractivity contribution is -0.115. The number of aryl methyl sites for hydroxylation is 1. The molecule has 1 amide bonds. The highest BCUT2D eigenvalue weighted by molar-refractivity contribution is 8.00. The third-order valence-corrected chi connectivity index (χ3v) is 4.52. The van der Waals surface area contributed by atoms with Gasteiger partial charge < -0.3 is 10.3 Å². The van der Waals surface area contributed by atoms with E-state index in [0.717, 1.165) is 16.6 Å². The average Bonchev–Trinajstić information content (AvgIpc) is 2.96. The average molecular weight is 336 g/mol. The first-order valence-electron chi connectivity index (χ1n) is 7.49. The minimum Gasteiger partial charge on any atom is -0.333 e. The minimum atomic E-state index is -0.322. The van der Waals surface area contributed by atoms with Gasteiger partial charge in [-0.25, -0.2) is 4.98 Å². The molecule has 0 aliphatic carbocycles. The van der Waals surface area contributed by atoms with Gasteiger partial charge in [-0.3, -0.25) is 4.79 Å². The maximum absolute atomic E-state index is 12.3. The topological polar surface area (TPSA) is 81.6 Å². The summed E-state index contributed by atoms with van der Waals surface area (Å²) < 4.78 is 0. The van der Waals surface area contributed by atoms with Gasteiger partial charge in [0.15, 0.2) is 5.16 Å². The molecule has 0 spiro atoms. The number of fused-ring (bicyclic) bond motifs is 1. The first-order valence-corrected chi connectivity index (χ1v) is 8.37. The molecule has 0 saturated heterocycles. The van der Waals surface area contributed by atoms with E-state index in [1.807, 2.05) is 32.0 Å². The van der Waals surface area contributed by atoms with Crippen LogP contribution in [0.4, 0.5) is 5.69 Å². The van der Waals surface area contributed by atoms with Crippen LogP contribution < -0.4 is 5.32 Å². The van der Waals surface area contributed by atoms with Crippen molar-refractivity contribution in [2.24, 2.45) is 0 Å². The third-order valence-electron chi connectivity index (χ3n) is 3.53. The highest BCUT2D eigenvalue weighted by Crippen LogP contribution is 2.25. The van der Waals surface area contributed by atoms with Crippen LogP contribution in [0, 0.1) is 18.3 Å². The number of H-pyrrole nitrogens is 1. The van der Waals surface area contributed by atoms with Crippen LogP contribution in [0.15, 0.2) is 47.6 Å². The van der Waals surface area contributed by atoms with Crippen molar-refractivity contribution in [1.29, 1.82) is 5.26 Å². The first-order chi connectivity index (χ1) is 11.5. The molecule has 2 N–H and O–H groups in total. The molecule has 0 saturated carbocycles. The predicted molar refractivity (Wildman–Crippen MR) is 95.9 cm³/mol. The van der Waals surface area contributed by atoms with E-state index in [2.05, 4.69) is 21.4 Å². The minimum absolute atomic E-state index is 0.133. The molecule has 0 aliphatic rings. The number of hydrogen-bond donors (Lipinski definition) is 2. The SMILES string of the molecule is Cc1ccc2nc(SC(C)C(=O)Nc3cccc(C#N)c3)[nH]c2c1. The number of amides is 1. The lowest BCUT2D eigenvalue weighted by Crippen LogP contribution is -2.22. The summed E-state index contributed by atoms with van der Waals surface area (Å²) in [6.07, 6.45) is 0. The smallest absolute Gasteiger partial charge is 0.237 e. The molecule has 1 heterocycles. The number of aromatic amines is 1. The molecule has 0 bridgehead atoms. The van der Waals surface area contributed by atoms with Crippen LogP contribution >= 0.6 is 11.8 Å². The Hall–Kier alpha value is -2.78. The van der Waals surface area contributed by atoms with Crippen molar-refractivity contribution in [3.8, 4) is 6.07 Å². The Labute approximate surface area is 144 Å². The van der Waals surface area contributed by atoms with E-state index in [-0.39, 0.29) is 11.2 Å². The molecule has 1 aromatic heterocycles. The van der Waals surface area contributed by atoms with Crippen molar-refractivity contribution in [2.75, 3.05) is 5.32 Å². The van der Waals surface area contributed by atoms with Gasteiger partial charge in [0.1, 0.15) is 0 Å². The zero-order chi connectivity index (χ0) is 17.1. The van der Waals surface area contributed by atoms with Gasteiger partial charge in [0.25, 0.3) is 0 Å². The molecular weight excluding hydrogens is 320 g/mol. The second-order valence-electron chi connectivity index (χ2n) is 5.50. The number of imidazole rings is 1. The molecule has 0 radical (unpaired) electrons. The molecule has 5 nitrogen and oxygen atoms in total. The van der Waals surface area contributed by atoms with Crippen molar-refractivity contribution in [3.05, 3.63) is 53.6 Å². The van der Waals surface area contributed by atoms with Crippen molar-refractivity contribution >= 4 is 34.4 Å². The number of carbonyl (C=O) groups is 1. The van der Waals surface area contributed by atoms with E-state index in [0.29, 0.717) is 16.4 Å². The van der Waals surface area contributed by atoms with Gasteiger partial charge in [0, 0.05) is 5.69 Å². The molecule has 2 aromatic carbocycles. The molecule has 3 rings (SSSR count). The zero-order valence-corrected chi connectivity index (χ0v) is 14.1. The predicted octanol–water partition coefficient (Wildman–Crippen LogP) is 3.86. The Morgan fingerprint density at radius 3 is 2.96 bits per heavy atom. The maximum Gasteiger partial charge on any atom is 0.237 e. The fraction of sp³-hybridized carbons (Fsp3) is 0.167. The summed E-state index contributed by atoms with van der Waals surface area (Å²) >= 11 is 1.37. The molecule has 0 aliphatic heterocycles. The summed E-state index contributed by atoms with van der Waals surface area (Å²) in [6.45, 7) is 3.85. The normalized spacial score (nSPS) is 11.9. The Morgan fingerprint density at radius 1 is 1.33 bits per heavy atom. The lowest BCUT2D eigenvalue weighted by atomic mass is 10.2. The third kappa shape index (κ3) is 3.58. The van der Waals surface area contributed by atoms with Crippen LogP contribution in [0.5, 0.6) is 0 Å². The number of nitriles is 1. The fourth-order valence-electron chi connectivity index (χ4n) is 2.29. The Morgan fingerprint density at radius 2 is 2.17 bits per heavy atom. The van der Waals surface area contributed by atoms with Crippen LogP contribution in [0.2, 0.25) is 0 Å². The maximum atomic E-state index is 12.3. The largest absolute Gasteiger partial charge is 0.333 e. The summed E-state index contributed by atoms with van der Waals surface area (Å²) in [5, 5.41) is 12.1. The van der Waals surface area contributed by atoms with Gasteiger partial charge in [-0.2, -0.15) is 5.26 Å². The van der Waals surface area contributed by atoms with Gasteiger partial charge >= 0.3 is 0 Å². The Balaban J connectivity index is 1.69. The number of rotatable bonds is 4. The van der Waals surface area contributed by atoms with Crippen LogP contribution in [0.3, 0.4) is 0 Å². The highest BCUT2D eigenvalue weighted by Gasteiger charge is 2.17. The number of hydrogen-bond acceptors (Lipinski definition) is 4. The summed E-state index contributed by atoms with van der Waals surface area (Å²) in [5.74, 6) is -0.133. The van der Waals surface area contributed by atoms with Crippen LogP contribution in [0.1, 0.15) is 18.1 Å². The van der Waals surface area contributed by atoms with E-state index in [4.69, 9.17) is 5.26 Å². The van der Waals surface area contributed by atoms with E-state index < -0.39 is 0 Å². The molecule has 3 aromatic rings. The monoisotopic (exact) mass is 336 g/mol. The first kappa shape index (κ1) is 16.1. The van der Waals surface area contributed by atoms with Crippen LogP contribution in [0.25, 0.3) is 11.0 Å². The van der Waals surface area contributed by atoms with Crippen molar-refractivity contribution in [1.82, 2.24) is 9.97 Å². The summed E-state index contributed by atoms with van der Waals surface area (Å²) in [5.41, 5.74) is 4.14. The number of aromatic nitrogens is 2. The van der Waals surface area contributed by atoms with Crippen molar-refractivity contribution < 1.29 is 4.79 Å². The number of carbonyl (C=O) groups excluding carboxylic acids is 1. The molecule has 1 atom stereocenters. The Bertz CT molecular complexity index is 942. The Kier molecular flexibility index (Phi) is 4.54. The van der Waals surface area contributed by atoms with Crippen molar-refractivity contribution in [3.63, 3.8) is 0 Å². The molecule has 24 heavy (non-hydrogen) atoms. The summed E-state index contributed by atoms with van der Waals surface area (Å²) in [7, 11) is 0. The van der Waals surface area contributed by atoms with Gasteiger partial charge in [-0.15, -0.1) is 0 Å². The molecule has 1 unspecified atom stereocenters. The van der Waals surface area contributed by atoms with Gasteiger partial charge in [-0.1, -0.05) is 23.9 Å². The number of nitrogens with zero attached hydrogens (tertiary/aromatic N) is 2. The van der Waals surface area contributed by atoms with Gasteiger partial charge in [0.05, 0.1) is 27.9 Å². The quantitative estimate of drug-likeness (QED) is 0.709. The summed E-state index contributed by atoms with van der Waals surface area (Å²) in [4.78, 5) is 20.1. The second-order valence-corrected chi connectivity index (χ2v) is 6.83. The number of benzene rings is 2. The standard InChI is InChI=1S/C18H16N4OS/c1-11-6-7-15-16(8-11)22-18(21-15)24-12(2)17(23)20-14-5-3-4-13(9-14)10-19/h3-9,12H,1-2H3,(H,20,23)(H,21,22). The molecular formula is C18H16N4OS. The van der Waals surface area contributed by atoms with Crippen molar-refractivity contribution in [2.45, 2.75) is 24.3 Å². The van der Waals surface area contributed by atoms with Crippen LogP contribution in [-0.2, 0) is 4.79 Å². The lowest BCUT2D eigenvalue weighted by Gasteiger charge is -2.10. The highest BCUT2D eigenvalue weighted by atomic mass is 32.2. The zero-order valence-electron chi connectivity index (χ0n) is 13.3. The van der Waals surface area contributed by atoms with Gasteiger partial charge in [0.2, 0.25) is 5.91 Å². The second kappa shape index (κ2) is 6.77. The van der Waals surface area contributed by atoms with E-state index >= 15 is 0 Å². The number of anilines is 1. The molecule has 6 heteroatoms. The van der Waals surface area contributed by atoms with Gasteiger partial charge in [-0.05, 0) is 49.7 Å². The summed E-state index contributed by atoms with van der Waals surface area (Å²) in [6, 6.07) is 14.9. The number of nitrogens with one attached hydrogen (secondary N) is 2. The number of thioether (sulfide) groups is 1. The molecule has 120 valence electrons.